The van der Waals surface area contributed by atoms with Crippen molar-refractivity contribution in [2.24, 2.45) is 0 Å². The highest BCUT2D eigenvalue weighted by Crippen LogP contribution is 2.29. The first kappa shape index (κ1) is 22.0. The molecule has 0 spiro atoms. The van der Waals surface area contributed by atoms with E-state index in [9.17, 15) is 9.59 Å². The van der Waals surface area contributed by atoms with Crippen molar-refractivity contribution < 1.29 is 14.3 Å². The van der Waals surface area contributed by atoms with Crippen LogP contribution in [0.25, 0.3) is 0 Å². The number of hydrogen-bond donors (Lipinski definition) is 1. The topological polar surface area (TPSA) is 71.5 Å². The number of amides is 2. The number of likely N-dealkylation sites (tertiary alicyclic amines) is 1. The number of carbonyl (C=O) groups is 2. The van der Waals surface area contributed by atoms with Gasteiger partial charge in [0.2, 0.25) is 5.91 Å². The van der Waals surface area contributed by atoms with Gasteiger partial charge >= 0.3 is 0 Å². The van der Waals surface area contributed by atoms with Crippen molar-refractivity contribution in [3.8, 4) is 5.75 Å². The molecule has 6 nitrogen and oxygen atoms in total. The highest BCUT2D eigenvalue weighted by atomic mass is 32.1. The molecule has 0 saturated carbocycles. The van der Waals surface area contributed by atoms with Gasteiger partial charge in [-0.1, -0.05) is 24.3 Å². The van der Waals surface area contributed by atoms with E-state index in [-0.39, 0.29) is 11.8 Å². The van der Waals surface area contributed by atoms with Gasteiger partial charge in [0.05, 0.1) is 18.5 Å². The number of ether oxygens (including phenoxy) is 1. The van der Waals surface area contributed by atoms with E-state index in [1.54, 1.807) is 18.4 Å². The van der Waals surface area contributed by atoms with Crippen molar-refractivity contribution in [1.82, 2.24) is 15.2 Å². The van der Waals surface area contributed by atoms with E-state index in [2.05, 4.69) is 10.3 Å². The van der Waals surface area contributed by atoms with Crippen LogP contribution in [0.2, 0.25) is 0 Å². The lowest BCUT2D eigenvalue weighted by atomic mass is 9.98. The molecule has 1 aliphatic heterocycles. The summed E-state index contributed by atoms with van der Waals surface area (Å²) < 4.78 is 5.14. The maximum Gasteiger partial charge on any atom is 0.253 e. The summed E-state index contributed by atoms with van der Waals surface area (Å²) in [6.07, 6.45) is 4.21. The monoisotopic (exact) mass is 449 g/mol. The number of benzene rings is 2. The van der Waals surface area contributed by atoms with Crippen molar-refractivity contribution in [2.75, 3.05) is 20.2 Å². The van der Waals surface area contributed by atoms with Gasteiger partial charge in [0.1, 0.15) is 5.75 Å². The van der Waals surface area contributed by atoms with Gasteiger partial charge in [-0.05, 0) is 48.2 Å². The predicted molar refractivity (Wildman–Crippen MR) is 125 cm³/mol. The molecule has 3 aromatic rings. The Morgan fingerprint density at radius 2 is 1.88 bits per heavy atom. The van der Waals surface area contributed by atoms with Crippen LogP contribution >= 0.6 is 11.3 Å². The van der Waals surface area contributed by atoms with Crippen LogP contribution < -0.4 is 10.1 Å². The van der Waals surface area contributed by atoms with Crippen LogP contribution in [0.15, 0.2) is 60.1 Å². The van der Waals surface area contributed by atoms with Crippen LogP contribution in [0.4, 0.5) is 0 Å². The molecule has 2 heterocycles. The van der Waals surface area contributed by atoms with Gasteiger partial charge in [-0.2, -0.15) is 0 Å². The number of hydrogen-bond acceptors (Lipinski definition) is 5. The molecule has 1 aliphatic rings. The van der Waals surface area contributed by atoms with Gasteiger partial charge < -0.3 is 15.0 Å². The summed E-state index contributed by atoms with van der Waals surface area (Å²) in [5.41, 5.74) is 2.57. The fourth-order valence-corrected chi connectivity index (χ4v) is 4.71. The fourth-order valence-electron chi connectivity index (χ4n) is 3.94. The molecule has 32 heavy (non-hydrogen) atoms. The predicted octanol–water partition coefficient (Wildman–Crippen LogP) is 4.03. The molecular weight excluding hydrogens is 422 g/mol. The number of carbonyl (C=O) groups excluding carboxylic acids is 2. The molecule has 1 atom stereocenters. The summed E-state index contributed by atoms with van der Waals surface area (Å²) in [7, 11) is 1.62. The van der Waals surface area contributed by atoms with E-state index in [1.807, 2.05) is 65.0 Å². The zero-order valence-corrected chi connectivity index (χ0v) is 18.9. The lowest BCUT2D eigenvalue weighted by Crippen LogP contribution is -2.39. The molecule has 2 amide bonds. The minimum absolute atomic E-state index is 0.0446. The second-order valence-corrected chi connectivity index (χ2v) is 8.89. The Kier molecular flexibility index (Phi) is 7.17. The Hall–Kier alpha value is -3.19. The normalized spacial score (nSPS) is 15.9. The van der Waals surface area contributed by atoms with Crippen molar-refractivity contribution in [2.45, 2.75) is 31.7 Å². The molecule has 1 N–H and O–H groups in total. The molecule has 1 aromatic heterocycles. The zero-order valence-electron chi connectivity index (χ0n) is 18.1. The van der Waals surface area contributed by atoms with Crippen molar-refractivity contribution in [1.29, 1.82) is 0 Å². The summed E-state index contributed by atoms with van der Waals surface area (Å²) in [5, 5.41) is 6.04. The fraction of sp³-hybridized carbons (Fsp3) is 0.320. The minimum atomic E-state index is -0.0446. The average molecular weight is 450 g/mol. The van der Waals surface area contributed by atoms with Crippen LogP contribution in [0.5, 0.6) is 5.75 Å². The number of piperidine rings is 1. The molecule has 166 valence electrons. The summed E-state index contributed by atoms with van der Waals surface area (Å²) >= 11 is 1.66. The third kappa shape index (κ3) is 5.53. The van der Waals surface area contributed by atoms with Gasteiger partial charge in [-0.15, -0.1) is 11.3 Å². The van der Waals surface area contributed by atoms with Gasteiger partial charge in [-0.25, -0.2) is 4.98 Å². The summed E-state index contributed by atoms with van der Waals surface area (Å²) in [6.45, 7) is 1.93. The van der Waals surface area contributed by atoms with E-state index in [4.69, 9.17) is 4.74 Å². The third-order valence-electron chi connectivity index (χ3n) is 5.72. The van der Waals surface area contributed by atoms with E-state index >= 15 is 0 Å². The number of nitrogens with one attached hydrogen (secondary N) is 1. The molecule has 0 bridgehead atoms. The molecule has 2 aromatic carbocycles. The Morgan fingerprint density at radius 3 is 2.56 bits per heavy atom. The van der Waals surface area contributed by atoms with E-state index < -0.39 is 0 Å². The van der Waals surface area contributed by atoms with E-state index in [0.717, 1.165) is 47.8 Å². The lowest BCUT2D eigenvalue weighted by molar-refractivity contribution is -0.120. The first-order valence-corrected chi connectivity index (χ1v) is 11.7. The Bertz CT molecular complexity index is 1030. The second-order valence-electron chi connectivity index (χ2n) is 7.96. The molecule has 4 rings (SSSR count). The quantitative estimate of drug-likeness (QED) is 0.591. The highest BCUT2D eigenvalue weighted by Gasteiger charge is 2.26. The smallest absolute Gasteiger partial charge is 0.253 e. The lowest BCUT2D eigenvalue weighted by Gasteiger charge is -2.32. The van der Waals surface area contributed by atoms with Gasteiger partial charge in [0.25, 0.3) is 5.91 Å². The third-order valence-corrected chi connectivity index (χ3v) is 6.66. The van der Waals surface area contributed by atoms with Crippen molar-refractivity contribution in [3.63, 3.8) is 0 Å². The Labute approximate surface area is 192 Å². The van der Waals surface area contributed by atoms with E-state index in [0.29, 0.717) is 24.4 Å². The van der Waals surface area contributed by atoms with Gasteiger partial charge in [-0.3, -0.25) is 9.59 Å². The van der Waals surface area contributed by atoms with Gasteiger partial charge in [0, 0.05) is 42.7 Å². The number of nitrogens with zero attached hydrogens (tertiary/aromatic N) is 2. The van der Waals surface area contributed by atoms with Crippen molar-refractivity contribution >= 4 is 23.2 Å². The van der Waals surface area contributed by atoms with E-state index in [1.165, 1.54) is 0 Å². The first-order chi connectivity index (χ1) is 15.6. The molecule has 1 fully saturated rings. The molecular formula is C25H27N3O3S. The molecule has 0 aliphatic carbocycles. The summed E-state index contributed by atoms with van der Waals surface area (Å²) in [4.78, 5) is 31.6. The minimum Gasteiger partial charge on any atom is -0.497 e. The number of thiazole rings is 1. The number of rotatable bonds is 7. The zero-order chi connectivity index (χ0) is 22.3. The SMILES string of the molecule is COc1ccc(CC(=O)NCc2ccc(C(=O)N3CCCC(c4nccs4)C3)cc2)cc1. The standard InChI is InChI=1S/C25H27N3O3S/c1-31-22-10-6-18(7-11-22)15-23(29)27-16-19-4-8-20(9-5-19)25(30)28-13-2-3-21(17-28)24-26-12-14-32-24/h4-12,14,21H,2-3,13,15-17H2,1H3,(H,27,29). The van der Waals surface area contributed by atoms with Crippen LogP contribution in [0.1, 0.15) is 45.3 Å². The molecule has 0 radical (unpaired) electrons. The average Bonchev–Trinajstić information content (AvgIpc) is 3.38. The number of methoxy groups -OCH3 is 1. The van der Waals surface area contributed by atoms with Crippen LogP contribution in [-0.4, -0.2) is 41.9 Å². The largest absolute Gasteiger partial charge is 0.497 e. The summed E-state index contributed by atoms with van der Waals surface area (Å²) in [6, 6.07) is 15.0. The highest BCUT2D eigenvalue weighted by molar-refractivity contribution is 7.09. The molecule has 7 heteroatoms. The van der Waals surface area contributed by atoms with Crippen molar-refractivity contribution in [3.05, 3.63) is 81.8 Å². The van der Waals surface area contributed by atoms with Crippen LogP contribution in [0, 0.1) is 0 Å². The Morgan fingerprint density at radius 1 is 1.12 bits per heavy atom. The van der Waals surface area contributed by atoms with Crippen LogP contribution in [0.3, 0.4) is 0 Å². The first-order valence-electron chi connectivity index (χ1n) is 10.8. The molecule has 1 unspecified atom stereocenters. The molecule has 1 saturated heterocycles. The summed E-state index contributed by atoms with van der Waals surface area (Å²) in [5.74, 6) is 1.11. The van der Waals surface area contributed by atoms with Crippen LogP contribution in [-0.2, 0) is 17.8 Å². The second kappa shape index (κ2) is 10.4. The van der Waals surface area contributed by atoms with Gasteiger partial charge in [0.15, 0.2) is 0 Å². The maximum atomic E-state index is 13.0. The Balaban J connectivity index is 1.28. The maximum absolute atomic E-state index is 13.0. The number of aromatic nitrogens is 1.